The number of allylic oxidation sites excluding steroid dienone is 3. The first-order chi connectivity index (χ1) is 10.3. The van der Waals surface area contributed by atoms with Crippen LogP contribution in [0.2, 0.25) is 0 Å². The smallest absolute Gasteiger partial charge is 0.273 e. The molecule has 0 spiro atoms. The van der Waals surface area contributed by atoms with Gasteiger partial charge in [0.15, 0.2) is 5.70 Å². The first-order valence-electron chi connectivity index (χ1n) is 6.94. The normalized spacial score (nSPS) is 23.6. The van der Waals surface area contributed by atoms with Crippen molar-refractivity contribution in [2.75, 3.05) is 6.61 Å². The molecule has 2 aliphatic heterocycles. The van der Waals surface area contributed by atoms with Gasteiger partial charge in [-0.25, -0.2) is 0 Å². The number of carbonyl (C=O) groups excluding carboxylic acids is 1. The third-order valence-electron chi connectivity index (χ3n) is 4.21. The van der Waals surface area contributed by atoms with Crippen molar-refractivity contribution in [1.82, 2.24) is 5.32 Å². The van der Waals surface area contributed by atoms with E-state index >= 15 is 0 Å². The van der Waals surface area contributed by atoms with Crippen LogP contribution in [0.15, 0.2) is 68.7 Å². The number of para-hydroxylation sites is 1. The van der Waals surface area contributed by atoms with E-state index in [9.17, 15) is 4.79 Å². The number of hydrogen-bond donors (Lipinski definition) is 1. The molecule has 0 aromatic heterocycles. The van der Waals surface area contributed by atoms with E-state index in [-0.39, 0.29) is 11.9 Å². The second kappa shape index (κ2) is 3.69. The molecule has 0 bridgehead atoms. The summed E-state index contributed by atoms with van der Waals surface area (Å²) < 4.78 is 5.58. The zero-order valence-electron chi connectivity index (χ0n) is 11.1. The minimum Gasteiger partial charge on any atom is -0.491 e. The molecule has 1 aromatic rings. The van der Waals surface area contributed by atoms with Crippen LogP contribution in [0.5, 0.6) is 5.75 Å². The maximum absolute atomic E-state index is 12.4. The lowest BCUT2D eigenvalue weighted by Crippen LogP contribution is -2.30. The highest BCUT2D eigenvalue weighted by atomic mass is 16.5. The van der Waals surface area contributed by atoms with E-state index < -0.39 is 0 Å². The van der Waals surface area contributed by atoms with Gasteiger partial charge >= 0.3 is 0 Å². The van der Waals surface area contributed by atoms with Crippen molar-refractivity contribution < 1.29 is 9.53 Å². The van der Waals surface area contributed by atoms with E-state index in [0.29, 0.717) is 12.3 Å². The Labute approximate surface area is 120 Å². The van der Waals surface area contributed by atoms with Gasteiger partial charge in [-0.1, -0.05) is 18.2 Å². The quantitative estimate of drug-likeness (QED) is 0.903. The summed E-state index contributed by atoms with van der Waals surface area (Å²) in [6.07, 6.45) is 3.02. The van der Waals surface area contributed by atoms with Crippen molar-refractivity contribution in [1.29, 1.82) is 0 Å². The highest BCUT2D eigenvalue weighted by molar-refractivity contribution is 5.97. The molecule has 102 valence electrons. The van der Waals surface area contributed by atoms with Gasteiger partial charge in [0.05, 0.1) is 11.7 Å². The van der Waals surface area contributed by atoms with E-state index in [4.69, 9.17) is 4.74 Å². The molecule has 5 rings (SSSR count). The lowest BCUT2D eigenvalue weighted by atomic mass is 10.1. The molecule has 21 heavy (non-hydrogen) atoms. The van der Waals surface area contributed by atoms with E-state index in [0.717, 1.165) is 29.0 Å². The number of benzene rings is 1. The average Bonchev–Trinajstić information content (AvgIpc) is 2.87. The lowest BCUT2D eigenvalue weighted by Gasteiger charge is -2.11. The second-order valence-corrected chi connectivity index (χ2v) is 5.51. The maximum atomic E-state index is 12.4. The third-order valence-corrected chi connectivity index (χ3v) is 4.21. The summed E-state index contributed by atoms with van der Waals surface area (Å²) in [5.41, 5.74) is 5.72. The largest absolute Gasteiger partial charge is 0.491 e. The Balaban J connectivity index is 1.43. The number of carbonyl (C=O) groups is 1. The van der Waals surface area contributed by atoms with Gasteiger partial charge < -0.3 is 10.1 Å². The molecule has 0 radical (unpaired) electrons. The molecule has 2 aliphatic carbocycles. The van der Waals surface area contributed by atoms with Crippen molar-refractivity contribution in [3.63, 3.8) is 0 Å². The van der Waals surface area contributed by atoms with Crippen LogP contribution < -0.4 is 10.1 Å². The third kappa shape index (κ3) is 1.48. The van der Waals surface area contributed by atoms with Crippen LogP contribution in [0.1, 0.15) is 18.0 Å². The standard InChI is InChI=1S/C16H11N3O2/c20-16(15-11-6-8-5-10(8)14(11)18-19-15)17-12-7-21-13-4-2-1-3-9(12)13/h1-4,6,12H,5,7H2,(H,17,20). The Morgan fingerprint density at radius 1 is 1.29 bits per heavy atom. The van der Waals surface area contributed by atoms with Crippen LogP contribution in [0.25, 0.3) is 0 Å². The molecule has 1 atom stereocenters. The maximum Gasteiger partial charge on any atom is 0.273 e. The zero-order chi connectivity index (χ0) is 14.0. The van der Waals surface area contributed by atoms with Crippen LogP contribution in [0.4, 0.5) is 0 Å². The van der Waals surface area contributed by atoms with Crippen LogP contribution in [-0.4, -0.2) is 12.5 Å². The van der Waals surface area contributed by atoms with Crippen molar-refractivity contribution in [2.45, 2.75) is 12.5 Å². The molecule has 4 aliphatic rings. The number of hydrogen-bond acceptors (Lipinski definition) is 4. The van der Waals surface area contributed by atoms with E-state index in [1.165, 1.54) is 11.1 Å². The summed E-state index contributed by atoms with van der Waals surface area (Å²) in [6, 6.07) is 7.63. The average molecular weight is 277 g/mol. The van der Waals surface area contributed by atoms with Crippen molar-refractivity contribution >= 4 is 5.91 Å². The number of nitrogens with zero attached hydrogens (tertiary/aromatic N) is 2. The summed E-state index contributed by atoms with van der Waals surface area (Å²) in [6.45, 7) is 0.458. The Morgan fingerprint density at radius 3 is 3.14 bits per heavy atom. The van der Waals surface area contributed by atoms with Gasteiger partial charge in [-0.2, -0.15) is 0 Å². The molecule has 1 fully saturated rings. The van der Waals surface area contributed by atoms with Crippen LogP contribution in [0.3, 0.4) is 0 Å². The predicted molar refractivity (Wildman–Crippen MR) is 74.4 cm³/mol. The van der Waals surface area contributed by atoms with Crippen LogP contribution >= 0.6 is 0 Å². The van der Waals surface area contributed by atoms with E-state index in [2.05, 4.69) is 15.5 Å². The molecule has 1 N–H and O–H groups in total. The first-order valence-corrected chi connectivity index (χ1v) is 6.94. The summed E-state index contributed by atoms with van der Waals surface area (Å²) in [7, 11) is 0. The molecule has 0 saturated heterocycles. The Morgan fingerprint density at radius 2 is 2.19 bits per heavy atom. The van der Waals surface area contributed by atoms with Crippen molar-refractivity contribution in [3.05, 3.63) is 64.0 Å². The van der Waals surface area contributed by atoms with Gasteiger partial charge in [-0.15, -0.1) is 10.2 Å². The number of azo groups is 1. The highest BCUT2D eigenvalue weighted by Gasteiger charge is 2.39. The molecule has 5 nitrogen and oxygen atoms in total. The monoisotopic (exact) mass is 277 g/mol. The predicted octanol–water partition coefficient (Wildman–Crippen LogP) is 2.55. The highest BCUT2D eigenvalue weighted by Crippen LogP contribution is 2.51. The van der Waals surface area contributed by atoms with E-state index in [1.807, 2.05) is 30.3 Å². The number of nitrogens with one attached hydrogen (secondary N) is 1. The summed E-state index contributed by atoms with van der Waals surface area (Å²) in [5, 5.41) is 11.2. The van der Waals surface area contributed by atoms with Gasteiger partial charge in [0.2, 0.25) is 0 Å². The second-order valence-electron chi connectivity index (χ2n) is 5.51. The molecular weight excluding hydrogens is 266 g/mol. The SMILES string of the molecule is O=C(NC1COc2ccccc21)C1=C2C=C3CC3=C2N=N1. The minimum atomic E-state index is -0.187. The van der Waals surface area contributed by atoms with Crippen molar-refractivity contribution in [2.24, 2.45) is 10.2 Å². The lowest BCUT2D eigenvalue weighted by molar-refractivity contribution is -0.118. The zero-order valence-corrected chi connectivity index (χ0v) is 11.1. The molecule has 1 aromatic carbocycles. The van der Waals surface area contributed by atoms with Crippen molar-refractivity contribution in [3.8, 4) is 5.75 Å². The molecular formula is C16H11N3O2. The number of rotatable bonds is 2. The molecule has 1 unspecified atom stereocenters. The van der Waals surface area contributed by atoms with Gasteiger partial charge in [-0.3, -0.25) is 4.79 Å². The van der Waals surface area contributed by atoms with E-state index in [1.54, 1.807) is 0 Å². The summed E-state index contributed by atoms with van der Waals surface area (Å²) >= 11 is 0. The fourth-order valence-electron chi connectivity index (χ4n) is 3.05. The van der Waals surface area contributed by atoms with Gasteiger partial charge in [0.1, 0.15) is 12.4 Å². The fourth-order valence-corrected chi connectivity index (χ4v) is 3.05. The van der Waals surface area contributed by atoms with Gasteiger partial charge in [0, 0.05) is 17.6 Å². The molecule has 2 heterocycles. The number of fused-ring (bicyclic) bond motifs is 3. The minimum absolute atomic E-state index is 0.128. The number of ether oxygens (including phenoxy) is 1. The number of amides is 1. The fraction of sp³-hybridized carbons (Fsp3) is 0.188. The Hall–Kier alpha value is -2.69. The first kappa shape index (κ1) is 11.0. The van der Waals surface area contributed by atoms with Crippen LogP contribution in [0, 0.1) is 0 Å². The topological polar surface area (TPSA) is 63.0 Å². The molecule has 1 saturated carbocycles. The van der Waals surface area contributed by atoms with Gasteiger partial charge in [0.25, 0.3) is 5.91 Å². The van der Waals surface area contributed by atoms with Gasteiger partial charge in [-0.05, 0) is 23.3 Å². The summed E-state index contributed by atoms with van der Waals surface area (Å²) in [5.74, 6) is 0.647. The molecule has 5 heteroatoms. The van der Waals surface area contributed by atoms with Crippen LogP contribution in [-0.2, 0) is 4.79 Å². The summed E-state index contributed by atoms with van der Waals surface area (Å²) in [4.78, 5) is 12.4. The Kier molecular flexibility index (Phi) is 1.94. The Bertz CT molecular complexity index is 830. The molecule has 1 amide bonds.